The first-order valence-corrected chi connectivity index (χ1v) is 5.11. The number of nitrogens with two attached hydrogens (primary N) is 1. The van der Waals surface area contributed by atoms with Crippen LogP contribution in [0.3, 0.4) is 0 Å². The number of carbonyl (C=O) groups excluding carboxylic acids is 1. The van der Waals surface area contributed by atoms with E-state index in [0.29, 0.717) is 13.2 Å². The molecule has 1 amide bonds. The largest absolute Gasteiger partial charge is 0.379 e. The third-order valence-electron chi connectivity index (χ3n) is 2.49. The summed E-state index contributed by atoms with van der Waals surface area (Å²) in [5.74, 6) is 5.06. The zero-order chi connectivity index (χ0) is 10.4. The minimum absolute atomic E-state index is 0.0890. The van der Waals surface area contributed by atoms with Gasteiger partial charge in [0.05, 0.1) is 19.3 Å². The van der Waals surface area contributed by atoms with Crippen LogP contribution in [0.4, 0.5) is 0 Å². The summed E-state index contributed by atoms with van der Waals surface area (Å²) in [5.41, 5.74) is 2.23. The van der Waals surface area contributed by atoms with Crippen LogP contribution >= 0.6 is 0 Å². The van der Waals surface area contributed by atoms with Gasteiger partial charge in [-0.15, -0.1) is 0 Å². The molecule has 0 aromatic carbocycles. The molecular weight excluding hydrogens is 182 g/mol. The number of hydrogen-bond donors (Lipinski definition) is 2. The van der Waals surface area contributed by atoms with Crippen LogP contribution in [0.5, 0.6) is 0 Å². The van der Waals surface area contributed by atoms with Gasteiger partial charge in [-0.25, -0.2) is 5.84 Å². The van der Waals surface area contributed by atoms with Gasteiger partial charge in [0.15, 0.2) is 0 Å². The Morgan fingerprint density at radius 2 is 2.21 bits per heavy atom. The molecule has 0 aromatic rings. The van der Waals surface area contributed by atoms with E-state index < -0.39 is 0 Å². The molecule has 1 fully saturated rings. The standard InChI is InChI=1S/C9H19N3O2/c1-2-3-8(9(13)11-10)12-4-6-14-7-5-12/h8H,2-7,10H2,1H3,(H,11,13)/t8-/m0/s1. The van der Waals surface area contributed by atoms with Crippen LogP contribution in [-0.2, 0) is 9.53 Å². The Hall–Kier alpha value is -0.650. The summed E-state index contributed by atoms with van der Waals surface area (Å²) in [6, 6.07) is -0.0890. The highest BCUT2D eigenvalue weighted by Gasteiger charge is 2.25. The van der Waals surface area contributed by atoms with E-state index in [2.05, 4.69) is 17.2 Å². The van der Waals surface area contributed by atoms with E-state index in [1.54, 1.807) is 0 Å². The molecule has 0 radical (unpaired) electrons. The number of amides is 1. The van der Waals surface area contributed by atoms with Crippen LogP contribution < -0.4 is 11.3 Å². The maximum atomic E-state index is 11.5. The van der Waals surface area contributed by atoms with Crippen molar-refractivity contribution in [1.29, 1.82) is 0 Å². The van der Waals surface area contributed by atoms with Gasteiger partial charge in [0, 0.05) is 13.1 Å². The topological polar surface area (TPSA) is 67.6 Å². The summed E-state index contributed by atoms with van der Waals surface area (Å²) < 4.78 is 5.24. The average molecular weight is 201 g/mol. The normalized spacial score (nSPS) is 20.4. The van der Waals surface area contributed by atoms with Crippen molar-refractivity contribution in [3.63, 3.8) is 0 Å². The maximum absolute atomic E-state index is 11.5. The third-order valence-corrected chi connectivity index (χ3v) is 2.49. The highest BCUT2D eigenvalue weighted by atomic mass is 16.5. The van der Waals surface area contributed by atoms with E-state index >= 15 is 0 Å². The van der Waals surface area contributed by atoms with Crippen molar-refractivity contribution in [2.24, 2.45) is 5.84 Å². The van der Waals surface area contributed by atoms with Crippen LogP contribution in [0.2, 0.25) is 0 Å². The summed E-state index contributed by atoms with van der Waals surface area (Å²) in [6.07, 6.45) is 1.83. The van der Waals surface area contributed by atoms with Gasteiger partial charge in [0.25, 0.3) is 5.91 Å². The van der Waals surface area contributed by atoms with E-state index in [1.165, 1.54) is 0 Å². The number of hydrazine groups is 1. The van der Waals surface area contributed by atoms with E-state index in [9.17, 15) is 4.79 Å². The number of nitrogens with one attached hydrogen (secondary N) is 1. The SMILES string of the molecule is CCC[C@@H](C(=O)NN)N1CCOCC1. The molecule has 14 heavy (non-hydrogen) atoms. The van der Waals surface area contributed by atoms with Gasteiger partial charge < -0.3 is 4.74 Å². The van der Waals surface area contributed by atoms with Crippen molar-refractivity contribution in [3.05, 3.63) is 0 Å². The lowest BCUT2D eigenvalue weighted by molar-refractivity contribution is -0.128. The molecule has 5 heteroatoms. The first-order chi connectivity index (χ1) is 6.79. The molecule has 0 unspecified atom stereocenters. The molecule has 82 valence electrons. The lowest BCUT2D eigenvalue weighted by Gasteiger charge is -2.32. The molecule has 5 nitrogen and oxygen atoms in total. The lowest BCUT2D eigenvalue weighted by atomic mass is 10.1. The van der Waals surface area contributed by atoms with Crippen LogP contribution in [0.15, 0.2) is 0 Å². The Morgan fingerprint density at radius 3 is 2.71 bits per heavy atom. The van der Waals surface area contributed by atoms with Crippen LogP contribution in [0.25, 0.3) is 0 Å². The number of morpholine rings is 1. The number of rotatable bonds is 4. The van der Waals surface area contributed by atoms with Gasteiger partial charge in [-0.05, 0) is 6.42 Å². The second-order valence-corrected chi connectivity index (χ2v) is 3.46. The Kier molecular flexibility index (Phi) is 4.86. The van der Waals surface area contributed by atoms with Gasteiger partial charge in [-0.1, -0.05) is 13.3 Å². The monoisotopic (exact) mass is 201 g/mol. The third kappa shape index (κ3) is 2.94. The van der Waals surface area contributed by atoms with E-state index in [4.69, 9.17) is 10.6 Å². The summed E-state index contributed by atoms with van der Waals surface area (Å²) in [7, 11) is 0. The number of nitrogens with zero attached hydrogens (tertiary/aromatic N) is 1. The molecule has 0 spiro atoms. The van der Waals surface area contributed by atoms with Gasteiger partial charge in [0.1, 0.15) is 0 Å². The molecule has 1 aliphatic heterocycles. The Morgan fingerprint density at radius 1 is 1.57 bits per heavy atom. The van der Waals surface area contributed by atoms with Gasteiger partial charge in [-0.2, -0.15) is 0 Å². The summed E-state index contributed by atoms with van der Waals surface area (Å²) in [5, 5.41) is 0. The highest BCUT2D eigenvalue weighted by Crippen LogP contribution is 2.09. The zero-order valence-electron chi connectivity index (χ0n) is 8.66. The quantitative estimate of drug-likeness (QED) is 0.365. The molecule has 3 N–H and O–H groups in total. The summed E-state index contributed by atoms with van der Waals surface area (Å²) >= 11 is 0. The van der Waals surface area contributed by atoms with Crippen molar-refractivity contribution in [2.45, 2.75) is 25.8 Å². The first kappa shape index (κ1) is 11.4. The van der Waals surface area contributed by atoms with E-state index in [0.717, 1.165) is 25.9 Å². The molecule has 0 saturated carbocycles. The maximum Gasteiger partial charge on any atom is 0.251 e. The smallest absolute Gasteiger partial charge is 0.251 e. The van der Waals surface area contributed by atoms with Crippen LogP contribution in [-0.4, -0.2) is 43.2 Å². The second-order valence-electron chi connectivity index (χ2n) is 3.46. The molecule has 1 atom stereocenters. The molecule has 0 aromatic heterocycles. The Labute approximate surface area is 84.5 Å². The average Bonchev–Trinajstić information content (AvgIpc) is 2.26. The Balaban J connectivity index is 2.50. The Bertz CT molecular complexity index is 181. The fraction of sp³-hybridized carbons (Fsp3) is 0.889. The van der Waals surface area contributed by atoms with Crippen molar-refractivity contribution in [3.8, 4) is 0 Å². The highest BCUT2D eigenvalue weighted by molar-refractivity contribution is 5.81. The molecule has 0 bridgehead atoms. The van der Waals surface area contributed by atoms with Crippen molar-refractivity contribution < 1.29 is 9.53 Å². The summed E-state index contributed by atoms with van der Waals surface area (Å²) in [6.45, 7) is 5.11. The zero-order valence-corrected chi connectivity index (χ0v) is 8.66. The van der Waals surface area contributed by atoms with Crippen LogP contribution in [0.1, 0.15) is 19.8 Å². The predicted molar refractivity (Wildman–Crippen MR) is 53.4 cm³/mol. The molecule has 1 rings (SSSR count). The van der Waals surface area contributed by atoms with E-state index in [-0.39, 0.29) is 11.9 Å². The predicted octanol–water partition coefficient (Wildman–Crippen LogP) is -0.523. The van der Waals surface area contributed by atoms with Crippen molar-refractivity contribution in [2.75, 3.05) is 26.3 Å². The lowest BCUT2D eigenvalue weighted by Crippen LogP contribution is -2.52. The van der Waals surface area contributed by atoms with E-state index in [1.807, 2.05) is 0 Å². The molecular formula is C9H19N3O2. The molecule has 1 heterocycles. The minimum Gasteiger partial charge on any atom is -0.379 e. The minimum atomic E-state index is -0.0891. The first-order valence-electron chi connectivity index (χ1n) is 5.11. The molecule has 1 saturated heterocycles. The number of ether oxygens (including phenoxy) is 1. The summed E-state index contributed by atoms with van der Waals surface area (Å²) in [4.78, 5) is 13.6. The van der Waals surface area contributed by atoms with Crippen molar-refractivity contribution in [1.82, 2.24) is 10.3 Å². The second kappa shape index (κ2) is 5.95. The fourth-order valence-corrected chi connectivity index (χ4v) is 1.74. The number of carbonyl (C=O) groups is 1. The van der Waals surface area contributed by atoms with Crippen molar-refractivity contribution >= 4 is 5.91 Å². The fourth-order valence-electron chi connectivity index (χ4n) is 1.74. The molecule has 0 aliphatic carbocycles. The number of hydrogen-bond acceptors (Lipinski definition) is 4. The van der Waals surface area contributed by atoms with Gasteiger partial charge >= 0.3 is 0 Å². The molecule has 1 aliphatic rings. The van der Waals surface area contributed by atoms with Crippen LogP contribution in [0, 0.1) is 0 Å². The van der Waals surface area contributed by atoms with Gasteiger partial charge in [0.2, 0.25) is 0 Å². The van der Waals surface area contributed by atoms with Gasteiger partial charge in [-0.3, -0.25) is 15.1 Å².